The predicted octanol–water partition coefficient (Wildman–Crippen LogP) is 1.55. The highest BCUT2D eigenvalue weighted by Crippen LogP contribution is 2.33. The number of aromatic nitrogens is 4. The van der Waals surface area contributed by atoms with Gasteiger partial charge in [0.25, 0.3) is 5.91 Å². The average molecular weight is 326 g/mol. The van der Waals surface area contributed by atoms with E-state index in [9.17, 15) is 4.79 Å². The van der Waals surface area contributed by atoms with Gasteiger partial charge in [0.1, 0.15) is 35.6 Å². The lowest BCUT2D eigenvalue weighted by atomic mass is 10.1. The first-order chi connectivity index (χ1) is 11.7. The van der Waals surface area contributed by atoms with Crippen molar-refractivity contribution in [2.75, 3.05) is 0 Å². The lowest BCUT2D eigenvalue weighted by Crippen LogP contribution is -2.30. The molecule has 0 radical (unpaired) electrons. The van der Waals surface area contributed by atoms with E-state index in [4.69, 9.17) is 8.83 Å². The molecule has 0 fully saturated rings. The maximum atomic E-state index is 12.7. The van der Waals surface area contributed by atoms with E-state index < -0.39 is 0 Å². The van der Waals surface area contributed by atoms with Crippen LogP contribution in [0.15, 0.2) is 50.7 Å². The summed E-state index contributed by atoms with van der Waals surface area (Å²) in [5.74, 6) is 1.64. The van der Waals surface area contributed by atoms with Gasteiger partial charge in [0.2, 0.25) is 0 Å². The molecule has 9 heteroatoms. The molecule has 4 heterocycles. The SMILES string of the molecule is Cc1nnnn1CC(=O)N1N=C(c2ccco2)C[C@@H]1c1ccco1. The number of hydrogen-bond acceptors (Lipinski definition) is 7. The maximum absolute atomic E-state index is 12.7. The van der Waals surface area contributed by atoms with Crippen LogP contribution in [0.4, 0.5) is 0 Å². The highest BCUT2D eigenvalue weighted by Gasteiger charge is 2.35. The highest BCUT2D eigenvalue weighted by molar-refractivity contribution is 6.01. The lowest BCUT2D eigenvalue weighted by molar-refractivity contribution is -0.134. The molecule has 4 rings (SSSR count). The normalized spacial score (nSPS) is 17.3. The molecule has 0 spiro atoms. The smallest absolute Gasteiger partial charge is 0.265 e. The van der Waals surface area contributed by atoms with Crippen LogP contribution in [-0.2, 0) is 11.3 Å². The first-order valence-electron chi connectivity index (χ1n) is 7.42. The van der Waals surface area contributed by atoms with Crippen molar-refractivity contribution in [2.24, 2.45) is 5.10 Å². The van der Waals surface area contributed by atoms with E-state index in [-0.39, 0.29) is 18.5 Å². The van der Waals surface area contributed by atoms with Crippen molar-refractivity contribution in [1.29, 1.82) is 0 Å². The molecule has 0 saturated heterocycles. The van der Waals surface area contributed by atoms with Crippen LogP contribution in [0.1, 0.15) is 29.8 Å². The van der Waals surface area contributed by atoms with Crippen LogP contribution in [0, 0.1) is 6.92 Å². The molecule has 1 aliphatic heterocycles. The molecule has 1 aliphatic rings. The number of aryl methyl sites for hydroxylation is 1. The van der Waals surface area contributed by atoms with Crippen LogP contribution < -0.4 is 0 Å². The minimum atomic E-state index is -0.315. The first kappa shape index (κ1) is 14.4. The Labute approximate surface area is 136 Å². The standard InChI is InChI=1S/C15H14N6O3/c1-10-16-18-19-20(10)9-15(22)21-12(14-5-3-7-24-14)8-11(17-21)13-4-2-6-23-13/h2-7,12H,8-9H2,1H3/t12-/m1/s1. The van der Waals surface area contributed by atoms with Crippen molar-refractivity contribution in [3.05, 3.63) is 54.1 Å². The molecule has 0 N–H and O–H groups in total. The van der Waals surface area contributed by atoms with Gasteiger partial charge in [-0.3, -0.25) is 4.79 Å². The highest BCUT2D eigenvalue weighted by atomic mass is 16.3. The molecule has 24 heavy (non-hydrogen) atoms. The molecule has 9 nitrogen and oxygen atoms in total. The Morgan fingerprint density at radius 2 is 2.12 bits per heavy atom. The van der Waals surface area contributed by atoms with Gasteiger partial charge in [-0.2, -0.15) is 5.10 Å². The number of carbonyl (C=O) groups excluding carboxylic acids is 1. The minimum Gasteiger partial charge on any atom is -0.467 e. The molecule has 0 aromatic carbocycles. The molecular formula is C15H14N6O3. The zero-order valence-corrected chi connectivity index (χ0v) is 12.9. The Balaban J connectivity index is 1.63. The third kappa shape index (κ3) is 2.49. The predicted molar refractivity (Wildman–Crippen MR) is 80.7 cm³/mol. The second-order valence-electron chi connectivity index (χ2n) is 5.38. The number of furan rings is 2. The number of tetrazole rings is 1. The number of hydrazone groups is 1. The molecule has 122 valence electrons. The topological polar surface area (TPSA) is 103 Å². The van der Waals surface area contributed by atoms with Crippen LogP contribution in [-0.4, -0.2) is 36.8 Å². The van der Waals surface area contributed by atoms with E-state index in [1.165, 1.54) is 9.69 Å². The molecule has 0 aliphatic carbocycles. The zero-order chi connectivity index (χ0) is 16.5. The summed E-state index contributed by atoms with van der Waals surface area (Å²) in [6, 6.07) is 6.90. The summed E-state index contributed by atoms with van der Waals surface area (Å²) in [6.07, 6.45) is 3.67. The summed E-state index contributed by atoms with van der Waals surface area (Å²) in [4.78, 5) is 12.7. The van der Waals surface area contributed by atoms with Gasteiger partial charge >= 0.3 is 0 Å². The minimum absolute atomic E-state index is 0.00494. The van der Waals surface area contributed by atoms with Gasteiger partial charge in [0, 0.05) is 6.42 Å². The van der Waals surface area contributed by atoms with Gasteiger partial charge < -0.3 is 8.83 Å². The summed E-state index contributed by atoms with van der Waals surface area (Å²) in [6.45, 7) is 1.74. The Morgan fingerprint density at radius 3 is 2.79 bits per heavy atom. The van der Waals surface area contributed by atoms with E-state index in [1.54, 1.807) is 31.6 Å². The third-order valence-electron chi connectivity index (χ3n) is 3.84. The number of nitrogens with zero attached hydrogens (tertiary/aromatic N) is 6. The van der Waals surface area contributed by atoms with Gasteiger partial charge in [0.05, 0.1) is 12.5 Å². The molecule has 0 bridgehead atoms. The fourth-order valence-corrected chi connectivity index (χ4v) is 2.63. The van der Waals surface area contributed by atoms with E-state index in [0.29, 0.717) is 29.5 Å². The summed E-state index contributed by atoms with van der Waals surface area (Å²) in [5.41, 5.74) is 0.697. The molecule has 0 unspecified atom stereocenters. The van der Waals surface area contributed by atoms with Crippen molar-refractivity contribution in [2.45, 2.75) is 25.9 Å². The summed E-state index contributed by atoms with van der Waals surface area (Å²) in [7, 11) is 0. The monoisotopic (exact) mass is 326 g/mol. The summed E-state index contributed by atoms with van der Waals surface area (Å²) >= 11 is 0. The van der Waals surface area contributed by atoms with Crippen molar-refractivity contribution >= 4 is 11.6 Å². The van der Waals surface area contributed by atoms with E-state index in [0.717, 1.165) is 0 Å². The Hall–Kier alpha value is -3.23. The van der Waals surface area contributed by atoms with Crippen molar-refractivity contribution in [3.63, 3.8) is 0 Å². The van der Waals surface area contributed by atoms with Crippen LogP contribution in [0.3, 0.4) is 0 Å². The Bertz CT molecular complexity index is 865. The van der Waals surface area contributed by atoms with Gasteiger partial charge in [0.15, 0.2) is 0 Å². The van der Waals surface area contributed by atoms with Gasteiger partial charge in [-0.25, -0.2) is 9.69 Å². The van der Waals surface area contributed by atoms with Gasteiger partial charge in [-0.05, 0) is 41.6 Å². The van der Waals surface area contributed by atoms with Crippen LogP contribution in [0.25, 0.3) is 0 Å². The van der Waals surface area contributed by atoms with Crippen LogP contribution in [0.2, 0.25) is 0 Å². The molecular weight excluding hydrogens is 312 g/mol. The molecule has 3 aromatic rings. The van der Waals surface area contributed by atoms with Crippen LogP contribution in [0.5, 0.6) is 0 Å². The first-order valence-corrected chi connectivity index (χ1v) is 7.42. The van der Waals surface area contributed by atoms with Gasteiger partial charge in [-0.1, -0.05) is 0 Å². The summed E-state index contributed by atoms with van der Waals surface area (Å²) in [5, 5.41) is 17.0. The lowest BCUT2D eigenvalue weighted by Gasteiger charge is -2.19. The fourth-order valence-electron chi connectivity index (χ4n) is 2.63. The van der Waals surface area contributed by atoms with E-state index in [2.05, 4.69) is 20.6 Å². The number of amides is 1. The van der Waals surface area contributed by atoms with Crippen molar-refractivity contribution < 1.29 is 13.6 Å². The third-order valence-corrected chi connectivity index (χ3v) is 3.84. The van der Waals surface area contributed by atoms with Crippen LogP contribution >= 0.6 is 0 Å². The maximum Gasteiger partial charge on any atom is 0.265 e. The molecule has 0 saturated carbocycles. The molecule has 3 aromatic heterocycles. The van der Waals surface area contributed by atoms with E-state index >= 15 is 0 Å². The Morgan fingerprint density at radius 1 is 1.29 bits per heavy atom. The summed E-state index contributed by atoms with van der Waals surface area (Å²) < 4.78 is 12.3. The van der Waals surface area contributed by atoms with Crippen molar-refractivity contribution in [1.82, 2.24) is 25.2 Å². The number of hydrogen-bond donors (Lipinski definition) is 0. The van der Waals surface area contributed by atoms with E-state index in [1.807, 2.05) is 12.1 Å². The fraction of sp³-hybridized carbons (Fsp3) is 0.267. The molecule has 1 atom stereocenters. The largest absolute Gasteiger partial charge is 0.467 e. The van der Waals surface area contributed by atoms with Gasteiger partial charge in [-0.15, -0.1) is 5.10 Å². The quantitative estimate of drug-likeness (QED) is 0.720. The number of carbonyl (C=O) groups is 1. The molecule has 1 amide bonds. The Kier molecular flexibility index (Phi) is 3.45. The second kappa shape index (κ2) is 5.76. The zero-order valence-electron chi connectivity index (χ0n) is 12.9. The average Bonchev–Trinajstić information content (AvgIpc) is 3.35. The number of rotatable bonds is 4. The van der Waals surface area contributed by atoms with Crippen molar-refractivity contribution in [3.8, 4) is 0 Å². The second-order valence-corrected chi connectivity index (χ2v) is 5.38.